The average molecular weight is 476 g/mol. The molecule has 6 aromatic carbocycles. The maximum Gasteiger partial charge on any atom is 0.0420 e. The zero-order valence-electron chi connectivity index (χ0n) is 20.9. The molecule has 178 valence electrons. The first kappa shape index (κ1) is 21.9. The monoisotopic (exact) mass is 475 g/mol. The minimum atomic E-state index is 1.00. The third-order valence-corrected chi connectivity index (χ3v) is 7.79. The van der Waals surface area contributed by atoms with E-state index in [1.165, 1.54) is 60.6 Å². The van der Waals surface area contributed by atoms with Gasteiger partial charge < -0.3 is 5.32 Å². The van der Waals surface area contributed by atoms with Crippen molar-refractivity contribution in [2.24, 2.45) is 0 Å². The summed E-state index contributed by atoms with van der Waals surface area (Å²) in [6.45, 7) is 0. The van der Waals surface area contributed by atoms with Gasteiger partial charge in [0.1, 0.15) is 0 Å². The minimum absolute atomic E-state index is 1.00. The molecular formula is C36H29N. The van der Waals surface area contributed by atoms with E-state index in [2.05, 4.69) is 127 Å². The molecule has 0 saturated carbocycles. The van der Waals surface area contributed by atoms with Crippen LogP contribution in [0.5, 0.6) is 0 Å². The number of para-hydroxylation sites is 1. The summed E-state index contributed by atoms with van der Waals surface area (Å²) >= 11 is 0. The molecule has 37 heavy (non-hydrogen) atoms. The minimum Gasteiger partial charge on any atom is -0.355 e. The summed E-state index contributed by atoms with van der Waals surface area (Å²) in [6, 6.07) is 44.9. The SMILES string of the molecule is c1ccc(Nc2cc3c(-c4ccc5cc6ccccc6cc5c4)cc2CCc2ccc(cc2)CC3)cc1. The number of benzene rings is 6. The van der Waals surface area contributed by atoms with E-state index < -0.39 is 0 Å². The van der Waals surface area contributed by atoms with Crippen molar-refractivity contribution in [1.29, 1.82) is 0 Å². The highest BCUT2D eigenvalue weighted by molar-refractivity contribution is 6.00. The van der Waals surface area contributed by atoms with Gasteiger partial charge in [0.25, 0.3) is 0 Å². The van der Waals surface area contributed by atoms with Crippen LogP contribution in [-0.4, -0.2) is 0 Å². The standard InChI is InChI=1S/C36H29N/c1-2-8-34(9-3-1)37-36-24-31-16-14-25-10-12-26(13-11-25)15-17-32(36)23-35(31)30-19-18-29-20-27-6-4-5-7-28(27)21-33(29)22-30/h1-13,18-24,37H,14-17H2. The van der Waals surface area contributed by atoms with Crippen LogP contribution in [0.15, 0.2) is 121 Å². The summed E-state index contributed by atoms with van der Waals surface area (Å²) in [5, 5.41) is 8.91. The van der Waals surface area contributed by atoms with Gasteiger partial charge in [-0.3, -0.25) is 0 Å². The van der Waals surface area contributed by atoms with Crippen LogP contribution in [0.25, 0.3) is 32.7 Å². The van der Waals surface area contributed by atoms with Gasteiger partial charge >= 0.3 is 0 Å². The van der Waals surface area contributed by atoms with Crippen LogP contribution in [0.3, 0.4) is 0 Å². The number of anilines is 2. The van der Waals surface area contributed by atoms with Crippen LogP contribution in [0.4, 0.5) is 11.4 Å². The Morgan fingerprint density at radius 2 is 1.05 bits per heavy atom. The zero-order chi connectivity index (χ0) is 24.6. The Bertz CT molecular complexity index is 1730. The highest BCUT2D eigenvalue weighted by Gasteiger charge is 2.15. The Hall–Kier alpha value is -4.36. The van der Waals surface area contributed by atoms with E-state index >= 15 is 0 Å². The summed E-state index contributed by atoms with van der Waals surface area (Å²) in [5.74, 6) is 0. The fraction of sp³-hybridized carbons (Fsp3) is 0.111. The van der Waals surface area contributed by atoms with Crippen molar-refractivity contribution in [2.75, 3.05) is 5.32 Å². The molecule has 0 saturated heterocycles. The first-order valence-corrected chi connectivity index (χ1v) is 13.3. The molecule has 0 fully saturated rings. The summed E-state index contributed by atoms with van der Waals surface area (Å²) in [7, 11) is 0. The number of hydrogen-bond donors (Lipinski definition) is 1. The Balaban J connectivity index is 1.38. The maximum atomic E-state index is 3.74. The van der Waals surface area contributed by atoms with Crippen molar-refractivity contribution in [3.05, 3.63) is 144 Å². The number of fused-ring (bicyclic) bond motifs is 2. The summed E-state index contributed by atoms with van der Waals surface area (Å²) in [4.78, 5) is 0. The van der Waals surface area contributed by atoms with Crippen LogP contribution in [-0.2, 0) is 25.7 Å². The molecule has 0 radical (unpaired) electrons. The molecule has 0 atom stereocenters. The molecule has 6 aromatic rings. The molecule has 10 rings (SSSR count). The van der Waals surface area contributed by atoms with Gasteiger partial charge in [0.15, 0.2) is 0 Å². The Morgan fingerprint density at radius 3 is 1.78 bits per heavy atom. The molecule has 1 heteroatoms. The number of rotatable bonds is 3. The highest BCUT2D eigenvalue weighted by atomic mass is 14.9. The van der Waals surface area contributed by atoms with E-state index in [0.717, 1.165) is 31.4 Å². The quantitative estimate of drug-likeness (QED) is 0.251. The van der Waals surface area contributed by atoms with Gasteiger partial charge in [-0.2, -0.15) is 0 Å². The van der Waals surface area contributed by atoms with Crippen molar-refractivity contribution >= 4 is 32.9 Å². The lowest BCUT2D eigenvalue weighted by molar-refractivity contribution is 0.925. The molecule has 4 bridgehead atoms. The Labute approximate surface area is 218 Å². The number of nitrogens with one attached hydrogen (secondary N) is 1. The van der Waals surface area contributed by atoms with Gasteiger partial charge in [0.05, 0.1) is 0 Å². The number of aryl methyl sites for hydroxylation is 4. The van der Waals surface area contributed by atoms with Crippen molar-refractivity contribution in [2.45, 2.75) is 25.7 Å². The Kier molecular flexibility index (Phi) is 5.48. The second kappa shape index (κ2) is 9.26. The smallest absolute Gasteiger partial charge is 0.0420 e. The van der Waals surface area contributed by atoms with Crippen molar-refractivity contribution < 1.29 is 0 Å². The van der Waals surface area contributed by atoms with Gasteiger partial charge in [-0.1, -0.05) is 78.9 Å². The van der Waals surface area contributed by atoms with Crippen LogP contribution in [0, 0.1) is 0 Å². The number of hydrogen-bond acceptors (Lipinski definition) is 1. The fourth-order valence-electron chi connectivity index (χ4n) is 5.70. The van der Waals surface area contributed by atoms with E-state index in [1.807, 2.05) is 0 Å². The fourth-order valence-corrected chi connectivity index (χ4v) is 5.70. The molecule has 4 aliphatic rings. The van der Waals surface area contributed by atoms with Crippen molar-refractivity contribution in [3.8, 4) is 11.1 Å². The average Bonchev–Trinajstić information content (AvgIpc) is 2.94. The topological polar surface area (TPSA) is 12.0 Å². The van der Waals surface area contributed by atoms with Gasteiger partial charge in [-0.05, 0) is 123 Å². The third-order valence-electron chi connectivity index (χ3n) is 7.79. The second-order valence-corrected chi connectivity index (χ2v) is 10.2. The molecule has 0 spiro atoms. The van der Waals surface area contributed by atoms with Crippen LogP contribution in [0.2, 0.25) is 0 Å². The molecule has 0 heterocycles. The highest BCUT2D eigenvalue weighted by Crippen LogP contribution is 2.35. The first-order chi connectivity index (χ1) is 18.3. The third kappa shape index (κ3) is 4.38. The lowest BCUT2D eigenvalue weighted by Crippen LogP contribution is -2.04. The molecule has 1 nitrogen and oxygen atoms in total. The van der Waals surface area contributed by atoms with E-state index in [0.29, 0.717) is 0 Å². The van der Waals surface area contributed by atoms with Crippen molar-refractivity contribution in [1.82, 2.24) is 0 Å². The van der Waals surface area contributed by atoms with Gasteiger partial charge in [0, 0.05) is 11.4 Å². The van der Waals surface area contributed by atoms with E-state index in [9.17, 15) is 0 Å². The van der Waals surface area contributed by atoms with Crippen LogP contribution >= 0.6 is 0 Å². The van der Waals surface area contributed by atoms with Crippen molar-refractivity contribution in [3.63, 3.8) is 0 Å². The summed E-state index contributed by atoms with van der Waals surface area (Å²) in [6.07, 6.45) is 4.08. The molecule has 0 aromatic heterocycles. The molecule has 0 amide bonds. The van der Waals surface area contributed by atoms with E-state index in [-0.39, 0.29) is 0 Å². The molecule has 4 aliphatic carbocycles. The van der Waals surface area contributed by atoms with E-state index in [1.54, 1.807) is 0 Å². The maximum absolute atomic E-state index is 3.74. The largest absolute Gasteiger partial charge is 0.355 e. The molecule has 0 unspecified atom stereocenters. The lowest BCUT2D eigenvalue weighted by Gasteiger charge is -2.20. The van der Waals surface area contributed by atoms with Crippen LogP contribution in [0.1, 0.15) is 22.3 Å². The van der Waals surface area contributed by atoms with Gasteiger partial charge in [-0.25, -0.2) is 0 Å². The summed E-state index contributed by atoms with van der Waals surface area (Å²) < 4.78 is 0. The predicted octanol–water partition coefficient (Wildman–Crippen LogP) is 9.29. The lowest BCUT2D eigenvalue weighted by atomic mass is 9.88. The predicted molar refractivity (Wildman–Crippen MR) is 158 cm³/mol. The first-order valence-electron chi connectivity index (χ1n) is 13.3. The normalized spacial score (nSPS) is 13.0. The molecular weight excluding hydrogens is 446 g/mol. The van der Waals surface area contributed by atoms with Crippen LogP contribution < -0.4 is 5.32 Å². The molecule has 1 N–H and O–H groups in total. The molecule has 0 aliphatic heterocycles. The zero-order valence-corrected chi connectivity index (χ0v) is 20.9. The second-order valence-electron chi connectivity index (χ2n) is 10.2. The Morgan fingerprint density at radius 1 is 0.432 bits per heavy atom. The summed E-state index contributed by atoms with van der Waals surface area (Å²) in [5.41, 5.74) is 10.6. The van der Waals surface area contributed by atoms with Gasteiger partial charge in [-0.15, -0.1) is 0 Å². The van der Waals surface area contributed by atoms with Gasteiger partial charge in [0.2, 0.25) is 0 Å². The van der Waals surface area contributed by atoms with E-state index in [4.69, 9.17) is 0 Å².